The zero-order valence-corrected chi connectivity index (χ0v) is 10.4. The van der Waals surface area contributed by atoms with E-state index in [1.54, 1.807) is 6.07 Å². The molecule has 1 aromatic carbocycles. The van der Waals surface area contributed by atoms with Crippen molar-refractivity contribution < 1.29 is 9.13 Å². The Morgan fingerprint density at radius 2 is 2.22 bits per heavy atom. The lowest BCUT2D eigenvalue weighted by Gasteiger charge is -2.24. The van der Waals surface area contributed by atoms with Gasteiger partial charge in [-0.15, -0.1) is 0 Å². The second kappa shape index (κ2) is 5.96. The van der Waals surface area contributed by atoms with E-state index in [9.17, 15) is 4.39 Å². The Hall–Kier alpha value is -1.42. The summed E-state index contributed by atoms with van der Waals surface area (Å²) in [5.74, 6) is 0.330. The number of halogens is 1. The van der Waals surface area contributed by atoms with Gasteiger partial charge in [0.25, 0.3) is 0 Å². The maximum absolute atomic E-state index is 13.1. The Balaban J connectivity index is 1.85. The second-order valence-corrected chi connectivity index (χ2v) is 4.85. The lowest BCUT2D eigenvalue weighted by molar-refractivity contribution is 0.0949. The van der Waals surface area contributed by atoms with Crippen LogP contribution in [0.3, 0.4) is 0 Å². The van der Waals surface area contributed by atoms with E-state index >= 15 is 0 Å². The summed E-state index contributed by atoms with van der Waals surface area (Å²) in [7, 11) is 0. The molecule has 0 bridgehead atoms. The lowest BCUT2D eigenvalue weighted by Crippen LogP contribution is -2.16. The van der Waals surface area contributed by atoms with Crippen molar-refractivity contribution in [3.63, 3.8) is 0 Å². The van der Waals surface area contributed by atoms with Crippen LogP contribution >= 0.6 is 0 Å². The summed E-state index contributed by atoms with van der Waals surface area (Å²) in [6.07, 6.45) is 5.07. The zero-order chi connectivity index (χ0) is 13.0. The number of nitrogens with one attached hydrogen (secondary N) is 1. The highest BCUT2D eigenvalue weighted by Crippen LogP contribution is 2.29. The third-order valence-corrected chi connectivity index (χ3v) is 3.51. The van der Waals surface area contributed by atoms with Crippen LogP contribution in [-0.4, -0.2) is 12.4 Å². The van der Waals surface area contributed by atoms with Crippen LogP contribution in [0.2, 0.25) is 0 Å². The highest BCUT2D eigenvalue weighted by molar-refractivity contribution is 5.96. The van der Waals surface area contributed by atoms with Crippen LogP contribution in [0.25, 0.3) is 0 Å². The molecule has 0 atom stereocenters. The molecule has 0 saturated heterocycles. The van der Waals surface area contributed by atoms with E-state index in [4.69, 9.17) is 15.9 Å². The van der Waals surface area contributed by atoms with Crippen molar-refractivity contribution in [2.24, 2.45) is 11.7 Å². The molecular formula is C14H19FN2O. The minimum atomic E-state index is -0.376. The molecule has 0 unspecified atom stereocenters. The van der Waals surface area contributed by atoms with Crippen LogP contribution in [0.5, 0.6) is 0 Å². The van der Waals surface area contributed by atoms with Crippen LogP contribution in [0.15, 0.2) is 18.2 Å². The Labute approximate surface area is 107 Å². The molecule has 1 aromatic rings. The molecule has 0 heterocycles. The summed E-state index contributed by atoms with van der Waals surface area (Å²) in [4.78, 5) is 0. The average molecular weight is 250 g/mol. The quantitative estimate of drug-likeness (QED) is 0.463. The second-order valence-electron chi connectivity index (χ2n) is 4.85. The maximum atomic E-state index is 13.1. The van der Waals surface area contributed by atoms with Gasteiger partial charge in [0, 0.05) is 12.2 Å². The molecule has 0 aromatic heterocycles. The summed E-state index contributed by atoms with van der Waals surface area (Å²) < 4.78 is 18.6. The molecule has 0 radical (unpaired) electrons. The van der Waals surface area contributed by atoms with Gasteiger partial charge in [-0.3, -0.25) is 5.41 Å². The summed E-state index contributed by atoms with van der Waals surface area (Å²) in [6, 6.07) is 4.29. The van der Waals surface area contributed by atoms with Crippen molar-refractivity contribution in [1.29, 1.82) is 5.41 Å². The monoisotopic (exact) mass is 250 g/mol. The maximum Gasteiger partial charge on any atom is 0.123 e. The fraction of sp³-hybridized carbons (Fsp3) is 0.500. The van der Waals surface area contributed by atoms with E-state index < -0.39 is 0 Å². The Morgan fingerprint density at radius 3 is 2.83 bits per heavy atom. The first-order chi connectivity index (χ1) is 8.66. The molecule has 18 heavy (non-hydrogen) atoms. The number of nitrogen functional groups attached to an aromatic ring is 1. The van der Waals surface area contributed by atoms with Gasteiger partial charge in [-0.1, -0.05) is 25.3 Å². The summed E-state index contributed by atoms with van der Waals surface area (Å²) in [6.45, 7) is 1.11. The standard InChI is InChI=1S/C14H19FN2O/c15-12-5-4-11(13(8-12)14(16)17)9-18-7-6-10-2-1-3-10/h4-5,8,10H,1-3,6-7,9H2,(H3,16,17). The molecule has 98 valence electrons. The van der Waals surface area contributed by atoms with E-state index in [1.165, 1.54) is 31.4 Å². The first-order valence-corrected chi connectivity index (χ1v) is 6.37. The van der Waals surface area contributed by atoms with E-state index in [2.05, 4.69) is 0 Å². The number of amidine groups is 1. The smallest absolute Gasteiger partial charge is 0.123 e. The lowest BCUT2D eigenvalue weighted by atomic mass is 9.83. The molecule has 3 N–H and O–H groups in total. The van der Waals surface area contributed by atoms with Gasteiger partial charge in [-0.25, -0.2) is 4.39 Å². The van der Waals surface area contributed by atoms with Gasteiger partial charge < -0.3 is 10.5 Å². The van der Waals surface area contributed by atoms with Gasteiger partial charge in [0.05, 0.1) is 6.61 Å². The van der Waals surface area contributed by atoms with Gasteiger partial charge in [0.15, 0.2) is 0 Å². The van der Waals surface area contributed by atoms with Crippen LogP contribution in [-0.2, 0) is 11.3 Å². The third kappa shape index (κ3) is 3.29. The van der Waals surface area contributed by atoms with E-state index in [0.717, 1.165) is 24.5 Å². The predicted molar refractivity (Wildman–Crippen MR) is 69.0 cm³/mol. The van der Waals surface area contributed by atoms with Gasteiger partial charge in [0.1, 0.15) is 11.7 Å². The molecule has 1 aliphatic carbocycles. The molecule has 1 fully saturated rings. The minimum absolute atomic E-state index is 0.118. The van der Waals surface area contributed by atoms with Crippen LogP contribution < -0.4 is 5.73 Å². The molecule has 0 spiro atoms. The van der Waals surface area contributed by atoms with E-state index in [0.29, 0.717) is 12.2 Å². The van der Waals surface area contributed by atoms with Crippen LogP contribution in [0.4, 0.5) is 4.39 Å². The Bertz CT molecular complexity index is 430. The molecule has 1 saturated carbocycles. The van der Waals surface area contributed by atoms with Gasteiger partial charge >= 0.3 is 0 Å². The van der Waals surface area contributed by atoms with E-state index in [1.807, 2.05) is 0 Å². The van der Waals surface area contributed by atoms with Crippen molar-refractivity contribution >= 4 is 5.84 Å². The first-order valence-electron chi connectivity index (χ1n) is 6.37. The Morgan fingerprint density at radius 1 is 1.44 bits per heavy atom. The molecule has 0 aliphatic heterocycles. The molecule has 1 aliphatic rings. The number of hydrogen-bond donors (Lipinski definition) is 2. The van der Waals surface area contributed by atoms with Crippen molar-refractivity contribution in [3.05, 3.63) is 35.1 Å². The molecule has 0 amide bonds. The third-order valence-electron chi connectivity index (χ3n) is 3.51. The fourth-order valence-corrected chi connectivity index (χ4v) is 2.14. The first kappa shape index (κ1) is 13.0. The minimum Gasteiger partial charge on any atom is -0.384 e. The number of benzene rings is 1. The normalized spacial score (nSPS) is 15.4. The number of hydrogen-bond acceptors (Lipinski definition) is 2. The summed E-state index contributed by atoms with van der Waals surface area (Å²) >= 11 is 0. The molecule has 3 nitrogen and oxygen atoms in total. The van der Waals surface area contributed by atoms with Gasteiger partial charge in [0.2, 0.25) is 0 Å². The van der Waals surface area contributed by atoms with Crippen molar-refractivity contribution in [3.8, 4) is 0 Å². The number of rotatable bonds is 6. The number of ether oxygens (including phenoxy) is 1. The highest BCUT2D eigenvalue weighted by Gasteiger charge is 2.16. The summed E-state index contributed by atoms with van der Waals surface area (Å²) in [5, 5.41) is 7.42. The van der Waals surface area contributed by atoms with Gasteiger partial charge in [-0.05, 0) is 30.0 Å². The van der Waals surface area contributed by atoms with Gasteiger partial charge in [-0.2, -0.15) is 0 Å². The largest absolute Gasteiger partial charge is 0.384 e. The van der Waals surface area contributed by atoms with E-state index in [-0.39, 0.29) is 11.7 Å². The van der Waals surface area contributed by atoms with Crippen LogP contribution in [0.1, 0.15) is 36.8 Å². The fourth-order valence-electron chi connectivity index (χ4n) is 2.14. The highest BCUT2D eigenvalue weighted by atomic mass is 19.1. The van der Waals surface area contributed by atoms with Crippen LogP contribution in [0, 0.1) is 17.1 Å². The SMILES string of the molecule is N=C(N)c1cc(F)ccc1COCCC1CCC1. The average Bonchev–Trinajstić information content (AvgIpc) is 2.27. The topological polar surface area (TPSA) is 59.1 Å². The molecule has 4 heteroatoms. The predicted octanol–water partition coefficient (Wildman–Crippen LogP) is 2.82. The summed E-state index contributed by atoms with van der Waals surface area (Å²) in [5.41, 5.74) is 6.63. The number of nitrogens with two attached hydrogens (primary N) is 1. The zero-order valence-electron chi connectivity index (χ0n) is 10.4. The molecular weight excluding hydrogens is 231 g/mol. The Kier molecular flexibility index (Phi) is 4.31. The van der Waals surface area contributed by atoms with Crippen molar-refractivity contribution in [1.82, 2.24) is 0 Å². The molecule has 2 rings (SSSR count). The van der Waals surface area contributed by atoms with Crippen molar-refractivity contribution in [2.45, 2.75) is 32.3 Å². The van der Waals surface area contributed by atoms with Crippen molar-refractivity contribution in [2.75, 3.05) is 6.61 Å².